The number of nitrogens with zero attached hydrogens (tertiary/aromatic N) is 3. The second-order valence-corrected chi connectivity index (χ2v) is 8.44. The Bertz CT molecular complexity index is 642. The SMILES string of the molecule is CCNC(=NCCN1CCc2sccc2C1)N1CCC(CC(=O)NC)CC1.I. The third-order valence-electron chi connectivity index (χ3n) is 5.57. The zero-order chi connectivity index (χ0) is 19.1. The Morgan fingerprint density at radius 1 is 1.32 bits per heavy atom. The van der Waals surface area contributed by atoms with Gasteiger partial charge in [-0.3, -0.25) is 14.7 Å². The Balaban J connectivity index is 0.00000280. The number of hydrogen-bond donors (Lipinski definition) is 2. The molecule has 8 heteroatoms. The van der Waals surface area contributed by atoms with E-state index in [4.69, 9.17) is 4.99 Å². The lowest BCUT2D eigenvalue weighted by Gasteiger charge is -2.34. The van der Waals surface area contributed by atoms with Crippen molar-refractivity contribution >= 4 is 47.2 Å². The predicted molar refractivity (Wildman–Crippen MR) is 128 cm³/mol. The molecule has 3 rings (SSSR count). The van der Waals surface area contributed by atoms with Gasteiger partial charge < -0.3 is 15.5 Å². The third kappa shape index (κ3) is 6.59. The molecule has 1 fully saturated rings. The quantitative estimate of drug-likeness (QED) is 0.345. The average molecular weight is 519 g/mol. The number of guanidine groups is 1. The standard InChI is InChI=1S/C20H33N5OS.HI/c1-3-22-20(25-10-4-16(5-11-25)14-19(26)21-2)23-8-12-24-9-6-18-17(15-24)7-13-27-18;/h7,13,16H,3-6,8-12,14-15H2,1-2H3,(H,21,26)(H,22,23);1H. The lowest BCUT2D eigenvalue weighted by molar-refractivity contribution is -0.121. The second-order valence-electron chi connectivity index (χ2n) is 7.44. The molecule has 1 amide bonds. The van der Waals surface area contributed by atoms with Crippen LogP contribution in [0.3, 0.4) is 0 Å². The van der Waals surface area contributed by atoms with Crippen molar-refractivity contribution in [2.45, 2.75) is 39.2 Å². The van der Waals surface area contributed by atoms with Crippen LogP contribution in [0.15, 0.2) is 16.4 Å². The zero-order valence-corrected chi connectivity index (χ0v) is 20.2. The summed E-state index contributed by atoms with van der Waals surface area (Å²) >= 11 is 1.89. The molecule has 2 N–H and O–H groups in total. The van der Waals surface area contributed by atoms with E-state index in [2.05, 4.69) is 38.8 Å². The van der Waals surface area contributed by atoms with Crippen LogP contribution in [0.25, 0.3) is 0 Å². The lowest BCUT2D eigenvalue weighted by Crippen LogP contribution is -2.46. The first-order valence-corrected chi connectivity index (χ1v) is 11.1. The topological polar surface area (TPSA) is 60.0 Å². The fourth-order valence-corrected chi connectivity index (χ4v) is 4.82. The van der Waals surface area contributed by atoms with E-state index < -0.39 is 0 Å². The van der Waals surface area contributed by atoms with Crippen molar-refractivity contribution in [1.82, 2.24) is 20.4 Å². The molecule has 0 unspecified atom stereocenters. The number of likely N-dealkylation sites (tertiary alicyclic amines) is 1. The summed E-state index contributed by atoms with van der Waals surface area (Å²) in [4.78, 5) is 22.9. The van der Waals surface area contributed by atoms with E-state index in [0.717, 1.165) is 64.6 Å². The molecule has 0 aromatic carbocycles. The molecule has 0 atom stereocenters. The molecule has 158 valence electrons. The Kier molecular flexibility index (Phi) is 10.0. The minimum Gasteiger partial charge on any atom is -0.359 e. The van der Waals surface area contributed by atoms with Crippen LogP contribution in [0.5, 0.6) is 0 Å². The molecule has 0 bridgehead atoms. The van der Waals surface area contributed by atoms with Crippen LogP contribution in [0.4, 0.5) is 0 Å². The fourth-order valence-electron chi connectivity index (χ4n) is 3.93. The minimum atomic E-state index is 0. The number of halogens is 1. The molecule has 6 nitrogen and oxygen atoms in total. The van der Waals surface area contributed by atoms with Gasteiger partial charge in [0, 0.05) is 57.6 Å². The number of nitrogens with one attached hydrogen (secondary N) is 2. The van der Waals surface area contributed by atoms with Gasteiger partial charge in [0.1, 0.15) is 0 Å². The van der Waals surface area contributed by atoms with E-state index in [1.165, 1.54) is 12.0 Å². The smallest absolute Gasteiger partial charge is 0.220 e. The summed E-state index contributed by atoms with van der Waals surface area (Å²) in [6, 6.07) is 2.27. The summed E-state index contributed by atoms with van der Waals surface area (Å²) in [5.41, 5.74) is 1.50. The molecule has 1 aromatic rings. The highest BCUT2D eigenvalue weighted by Crippen LogP contribution is 2.24. The van der Waals surface area contributed by atoms with Crippen LogP contribution < -0.4 is 10.6 Å². The van der Waals surface area contributed by atoms with Crippen molar-refractivity contribution in [3.8, 4) is 0 Å². The van der Waals surface area contributed by atoms with Gasteiger partial charge in [0.05, 0.1) is 6.54 Å². The first-order valence-electron chi connectivity index (χ1n) is 10.2. The highest BCUT2D eigenvalue weighted by Gasteiger charge is 2.23. The lowest BCUT2D eigenvalue weighted by atomic mass is 9.93. The molecule has 0 radical (unpaired) electrons. The van der Waals surface area contributed by atoms with Crippen LogP contribution in [0, 0.1) is 5.92 Å². The van der Waals surface area contributed by atoms with Crippen LogP contribution in [-0.2, 0) is 17.8 Å². The van der Waals surface area contributed by atoms with Gasteiger partial charge in [-0.1, -0.05) is 0 Å². The molecular formula is C20H34IN5OS. The fraction of sp³-hybridized carbons (Fsp3) is 0.700. The summed E-state index contributed by atoms with van der Waals surface area (Å²) < 4.78 is 0. The van der Waals surface area contributed by atoms with Gasteiger partial charge in [-0.2, -0.15) is 0 Å². The molecule has 1 saturated heterocycles. The number of thiophene rings is 1. The van der Waals surface area contributed by atoms with Crippen molar-refractivity contribution in [2.75, 3.05) is 46.3 Å². The van der Waals surface area contributed by atoms with Crippen molar-refractivity contribution in [1.29, 1.82) is 0 Å². The third-order valence-corrected chi connectivity index (χ3v) is 6.59. The first-order chi connectivity index (χ1) is 13.2. The van der Waals surface area contributed by atoms with Crippen molar-refractivity contribution < 1.29 is 4.79 Å². The van der Waals surface area contributed by atoms with Crippen molar-refractivity contribution in [3.63, 3.8) is 0 Å². The molecule has 1 aromatic heterocycles. The number of rotatable bonds is 6. The van der Waals surface area contributed by atoms with Crippen molar-refractivity contribution in [2.24, 2.45) is 10.9 Å². The summed E-state index contributed by atoms with van der Waals surface area (Å²) in [5, 5.41) is 8.40. The maximum atomic E-state index is 11.6. The monoisotopic (exact) mass is 519 g/mol. The van der Waals surface area contributed by atoms with Crippen LogP contribution >= 0.6 is 35.3 Å². The first kappa shape index (κ1) is 23.4. The molecule has 2 aliphatic heterocycles. The van der Waals surface area contributed by atoms with E-state index in [-0.39, 0.29) is 29.9 Å². The van der Waals surface area contributed by atoms with Crippen LogP contribution in [-0.4, -0.2) is 68.0 Å². The van der Waals surface area contributed by atoms with Crippen molar-refractivity contribution in [3.05, 3.63) is 21.9 Å². The summed E-state index contributed by atoms with van der Waals surface area (Å²) in [6.45, 7) is 9.03. The highest BCUT2D eigenvalue weighted by atomic mass is 127. The predicted octanol–water partition coefficient (Wildman–Crippen LogP) is 2.54. The summed E-state index contributed by atoms with van der Waals surface area (Å²) in [7, 11) is 1.72. The Morgan fingerprint density at radius 3 is 2.82 bits per heavy atom. The Morgan fingerprint density at radius 2 is 2.11 bits per heavy atom. The van der Waals surface area contributed by atoms with Gasteiger partial charge >= 0.3 is 0 Å². The number of piperidine rings is 1. The number of hydrogen-bond acceptors (Lipinski definition) is 4. The van der Waals surface area contributed by atoms with E-state index in [1.54, 1.807) is 11.9 Å². The molecular weight excluding hydrogens is 485 g/mol. The largest absolute Gasteiger partial charge is 0.359 e. The van der Waals surface area contributed by atoms with E-state index in [0.29, 0.717) is 12.3 Å². The molecule has 2 aliphatic rings. The number of fused-ring (bicyclic) bond motifs is 1. The number of carbonyl (C=O) groups is 1. The van der Waals surface area contributed by atoms with Gasteiger partial charge in [0.25, 0.3) is 0 Å². The highest BCUT2D eigenvalue weighted by molar-refractivity contribution is 14.0. The van der Waals surface area contributed by atoms with Gasteiger partial charge in [-0.05, 0) is 49.1 Å². The molecule has 28 heavy (non-hydrogen) atoms. The molecule has 3 heterocycles. The number of aliphatic imine (C=N–C) groups is 1. The number of amides is 1. The zero-order valence-electron chi connectivity index (χ0n) is 17.1. The van der Waals surface area contributed by atoms with Gasteiger partial charge in [-0.15, -0.1) is 35.3 Å². The maximum Gasteiger partial charge on any atom is 0.220 e. The number of carbonyl (C=O) groups excluding carboxylic acids is 1. The molecule has 0 saturated carbocycles. The Labute approximate surface area is 190 Å². The Hall–Kier alpha value is -0.870. The maximum absolute atomic E-state index is 11.6. The summed E-state index contributed by atoms with van der Waals surface area (Å²) in [6.07, 6.45) is 3.95. The minimum absolute atomic E-state index is 0. The normalized spacial score (nSPS) is 18.4. The van der Waals surface area contributed by atoms with Crippen LogP contribution in [0.2, 0.25) is 0 Å². The van der Waals surface area contributed by atoms with Gasteiger partial charge in [0.2, 0.25) is 5.91 Å². The van der Waals surface area contributed by atoms with Gasteiger partial charge in [-0.25, -0.2) is 0 Å². The second kappa shape index (κ2) is 12.0. The van der Waals surface area contributed by atoms with E-state index in [1.807, 2.05) is 11.3 Å². The van der Waals surface area contributed by atoms with Crippen LogP contribution in [0.1, 0.15) is 36.6 Å². The van der Waals surface area contributed by atoms with Gasteiger partial charge in [0.15, 0.2) is 5.96 Å². The van der Waals surface area contributed by atoms with E-state index in [9.17, 15) is 4.79 Å². The molecule has 0 spiro atoms. The van der Waals surface area contributed by atoms with E-state index >= 15 is 0 Å². The summed E-state index contributed by atoms with van der Waals surface area (Å²) in [5.74, 6) is 1.69. The molecule has 0 aliphatic carbocycles. The average Bonchev–Trinajstić information content (AvgIpc) is 3.16.